The molecule has 13 rings (SSSR count). The van der Waals surface area contributed by atoms with Gasteiger partial charge in [-0.05, 0) is 199 Å². The van der Waals surface area contributed by atoms with Crippen molar-refractivity contribution in [1.82, 2.24) is 0 Å². The Hall–Kier alpha value is -6.04. The molecule has 2 aliphatic carbocycles. The Balaban J connectivity index is 1.27. The Morgan fingerprint density at radius 3 is 1.63 bits per heavy atom. The molecule has 0 spiro atoms. The average molecular weight is 1030 g/mol. The van der Waals surface area contributed by atoms with E-state index in [1.807, 2.05) is 23.5 Å². The van der Waals surface area contributed by atoms with Gasteiger partial charge in [0, 0.05) is 54.7 Å². The van der Waals surface area contributed by atoms with E-state index < -0.39 is 60.4 Å². The van der Waals surface area contributed by atoms with Crippen LogP contribution in [-0.4, -0.2) is 6.71 Å². The van der Waals surface area contributed by atoms with Gasteiger partial charge in [-0.2, -0.15) is 0 Å². The molecular formula is C71H78BN3S. The van der Waals surface area contributed by atoms with E-state index in [4.69, 9.17) is 2.74 Å². The quantitative estimate of drug-likeness (QED) is 0.163. The van der Waals surface area contributed by atoms with Crippen LogP contribution in [0.15, 0.2) is 139 Å². The highest BCUT2D eigenvalue weighted by atomic mass is 32.1. The van der Waals surface area contributed by atoms with Gasteiger partial charge in [0.15, 0.2) is 0 Å². The summed E-state index contributed by atoms with van der Waals surface area (Å²) in [5, 5.41) is 1.14. The van der Waals surface area contributed by atoms with Gasteiger partial charge in [0.25, 0.3) is 6.71 Å². The second-order valence-corrected chi connectivity index (χ2v) is 29.2. The molecule has 4 heterocycles. The van der Waals surface area contributed by atoms with Gasteiger partial charge < -0.3 is 14.7 Å². The lowest BCUT2D eigenvalue weighted by atomic mass is 9.36. The summed E-state index contributed by atoms with van der Waals surface area (Å²) >= 11 is 1.87. The molecular weight excluding hydrogens is 938 g/mol. The van der Waals surface area contributed by atoms with Gasteiger partial charge in [0.05, 0.1) is 25.1 Å². The predicted molar refractivity (Wildman–Crippen MR) is 330 cm³/mol. The second kappa shape index (κ2) is 16.3. The lowest BCUT2D eigenvalue weighted by Gasteiger charge is -2.51. The number of hydrogen-bond donors (Lipinski definition) is 0. The summed E-state index contributed by atoms with van der Waals surface area (Å²) in [5.74, 6) is 0. The first kappa shape index (κ1) is 39.3. The van der Waals surface area contributed by atoms with Gasteiger partial charge in [-0.15, -0.1) is 11.3 Å². The van der Waals surface area contributed by atoms with E-state index in [9.17, 15) is 11.0 Å². The maximum absolute atomic E-state index is 9.74. The maximum atomic E-state index is 9.74. The number of thiophene rings is 1. The molecule has 0 saturated carbocycles. The van der Waals surface area contributed by atoms with Crippen molar-refractivity contribution in [2.75, 3.05) is 14.7 Å². The zero-order valence-corrected chi connectivity index (χ0v) is 48.2. The third-order valence-electron chi connectivity index (χ3n) is 18.6. The largest absolute Gasteiger partial charge is 0.311 e. The number of hydrogen-bond acceptors (Lipinski definition) is 4. The summed E-state index contributed by atoms with van der Waals surface area (Å²) in [6.07, 6.45) is 5.17. The van der Waals surface area contributed by atoms with E-state index >= 15 is 0 Å². The molecule has 5 heteroatoms. The van der Waals surface area contributed by atoms with Gasteiger partial charge >= 0.3 is 0 Å². The number of rotatable bonds is 4. The molecule has 0 N–H and O–H groups in total. The number of anilines is 9. The minimum absolute atomic E-state index is 0.0816. The highest BCUT2D eigenvalue weighted by molar-refractivity contribution is 7.33. The van der Waals surface area contributed by atoms with Crippen LogP contribution >= 0.6 is 11.3 Å². The molecule has 0 radical (unpaired) electrons. The monoisotopic (exact) mass is 1030 g/mol. The van der Waals surface area contributed by atoms with Crippen LogP contribution in [0.3, 0.4) is 0 Å². The third-order valence-corrected chi connectivity index (χ3v) is 19.9. The normalized spacial score (nSPS) is 22.6. The Labute approximate surface area is 473 Å². The summed E-state index contributed by atoms with van der Waals surface area (Å²) < 4.78 is 95.6. The second-order valence-electron chi connectivity index (χ2n) is 28.1. The fraction of sp³-hybridized carbons (Fsp3) is 0.380. The molecule has 0 fully saturated rings. The summed E-state index contributed by atoms with van der Waals surface area (Å²) in [6.45, 7) is 34.4. The van der Waals surface area contributed by atoms with Crippen molar-refractivity contribution in [2.45, 2.75) is 174 Å². The summed E-state index contributed by atoms with van der Waals surface area (Å²) in [6, 6.07) is 24.1. The van der Waals surface area contributed by atoms with Crippen molar-refractivity contribution < 1.29 is 13.7 Å². The molecule has 0 saturated heterocycles. The molecule has 2 unspecified atom stereocenters. The van der Waals surface area contributed by atoms with E-state index in [1.54, 1.807) is 0 Å². The molecule has 0 amide bonds. The first-order valence-corrected chi connectivity index (χ1v) is 28.5. The van der Waals surface area contributed by atoms with Crippen molar-refractivity contribution in [2.24, 2.45) is 0 Å². The zero-order valence-electron chi connectivity index (χ0n) is 57.4. The van der Waals surface area contributed by atoms with E-state index in [0.29, 0.717) is 0 Å². The molecule has 386 valence electrons. The van der Waals surface area contributed by atoms with Crippen LogP contribution in [0.2, 0.25) is 0 Å². The van der Waals surface area contributed by atoms with E-state index in [0.717, 1.165) is 99.2 Å². The van der Waals surface area contributed by atoms with Gasteiger partial charge in [0.2, 0.25) is 0 Å². The van der Waals surface area contributed by atoms with Crippen molar-refractivity contribution in [3.05, 3.63) is 178 Å². The number of fused-ring (bicyclic) bond motifs is 6. The van der Waals surface area contributed by atoms with Crippen molar-refractivity contribution in [3.63, 3.8) is 0 Å². The van der Waals surface area contributed by atoms with Crippen LogP contribution in [0.4, 0.5) is 51.2 Å². The number of nitrogens with zero attached hydrogens (tertiary/aromatic N) is 3. The minimum atomic E-state index is -0.614. The lowest BCUT2D eigenvalue weighted by molar-refractivity contribution is 0.208. The fourth-order valence-corrected chi connectivity index (χ4v) is 15.4. The molecule has 5 aliphatic rings. The van der Waals surface area contributed by atoms with Gasteiger partial charge in [-0.1, -0.05) is 164 Å². The fourth-order valence-electron chi connectivity index (χ4n) is 14.1. The Morgan fingerprint density at radius 1 is 0.500 bits per heavy atom. The van der Waals surface area contributed by atoms with Crippen LogP contribution in [0, 0.1) is 0 Å². The highest BCUT2D eigenvalue weighted by Crippen LogP contribution is 2.60. The van der Waals surface area contributed by atoms with Crippen LogP contribution in [-0.2, 0) is 37.9 Å². The van der Waals surface area contributed by atoms with Gasteiger partial charge in [-0.25, -0.2) is 0 Å². The minimum Gasteiger partial charge on any atom is -0.311 e. The van der Waals surface area contributed by atoms with Gasteiger partial charge in [0.1, 0.15) is 0 Å². The summed E-state index contributed by atoms with van der Waals surface area (Å²) in [4.78, 5) is 6.15. The smallest absolute Gasteiger partial charge is 0.264 e. The number of benzene rings is 7. The van der Waals surface area contributed by atoms with Gasteiger partial charge in [-0.3, -0.25) is 0 Å². The maximum Gasteiger partial charge on any atom is 0.264 e. The van der Waals surface area contributed by atoms with Crippen molar-refractivity contribution in [3.8, 4) is 0 Å². The SMILES string of the molecule is [2H]c1c([2H])c([2H])c(N(c2cc3c4c(c2)N2c5ccc6c(c5)C(C)(CCC6(C)C)CC5(C)CCC(C)(C)c6cc7sc(c2c7cc65)B4c2ccc(C(C)(C)C)cc2N3c2cc(C(C)(C)C)cc(C(C)(C)C)c2)c2c([2H])c([2H])c([2H])c([2H])c2[2H])c([2H])c1[2H]. The van der Waals surface area contributed by atoms with E-state index in [-0.39, 0.29) is 61.7 Å². The van der Waals surface area contributed by atoms with Crippen LogP contribution in [0.5, 0.6) is 0 Å². The predicted octanol–water partition coefficient (Wildman–Crippen LogP) is 18.4. The Morgan fingerprint density at radius 2 is 1.05 bits per heavy atom. The van der Waals surface area contributed by atoms with Crippen molar-refractivity contribution in [1.29, 1.82) is 0 Å². The standard InChI is InChI=1S/C71H78BN3S/c1-65(2,3)44-26-29-57-58(37-44)74(50-35-45(66(4,5)6)34-46(36-50)67(7,8)9)59-39-51(73(47-22-18-16-19-23-47)48-24-20-17-21-25-48)40-60-62(59)72(57)64-63-52-41-56-54(42-61(52)76-64)69(12,13)31-33-71(56,15)43-70(14)32-30-68(10,11)53-28-27-49(75(60)63)38-55(53)70/h16-29,34-42H,30-33,43H2,1-15H3/i16D,17D,18D,19D,20D,21D,22D,23D,24D,25D. The topological polar surface area (TPSA) is 9.72 Å². The molecule has 1 aromatic heterocycles. The summed E-state index contributed by atoms with van der Waals surface area (Å²) in [7, 11) is 0. The first-order chi connectivity index (χ1) is 39.9. The Kier molecular flexibility index (Phi) is 8.42. The molecule has 2 atom stereocenters. The molecule has 76 heavy (non-hydrogen) atoms. The van der Waals surface area contributed by atoms with Crippen LogP contribution < -0.4 is 30.4 Å². The molecule has 4 bridgehead atoms. The first-order valence-electron chi connectivity index (χ1n) is 32.7. The van der Waals surface area contributed by atoms with E-state index in [2.05, 4.69) is 180 Å². The van der Waals surface area contributed by atoms with Crippen LogP contribution in [0.1, 0.15) is 189 Å². The highest BCUT2D eigenvalue weighted by Gasteiger charge is 2.51. The number of para-hydroxylation sites is 2. The van der Waals surface area contributed by atoms with Crippen molar-refractivity contribution >= 4 is 95.0 Å². The summed E-state index contributed by atoms with van der Waals surface area (Å²) in [5.41, 5.74) is 14.6. The molecule has 7 aromatic carbocycles. The average Bonchev–Trinajstić information content (AvgIpc) is 1.32. The molecule has 3 nitrogen and oxygen atoms in total. The lowest BCUT2D eigenvalue weighted by Crippen LogP contribution is -2.60. The van der Waals surface area contributed by atoms with Crippen LogP contribution in [0.25, 0.3) is 10.1 Å². The molecule has 8 aromatic rings. The van der Waals surface area contributed by atoms with E-state index in [1.165, 1.54) is 36.6 Å². The zero-order chi connectivity index (χ0) is 62.1. The molecule has 3 aliphatic heterocycles. The Bertz CT molecular complexity index is 4150. The third kappa shape index (κ3) is 7.47.